The zero-order valence-electron chi connectivity index (χ0n) is 16.5. The SMILES string of the molecule is NC(N)=C(/C=C(\N)c1ccccc1O)N1CCN(C(=O)OC2CCNCC2)CC1. The van der Waals surface area contributed by atoms with Crippen LogP contribution in [0.2, 0.25) is 0 Å². The van der Waals surface area contributed by atoms with Crippen LogP contribution in [-0.2, 0) is 4.74 Å². The molecule has 2 aliphatic heterocycles. The second-order valence-electron chi connectivity index (χ2n) is 7.26. The molecule has 2 saturated heterocycles. The van der Waals surface area contributed by atoms with Gasteiger partial charge in [0.2, 0.25) is 0 Å². The molecule has 9 nitrogen and oxygen atoms in total. The largest absolute Gasteiger partial charge is 0.507 e. The Morgan fingerprint density at radius 2 is 1.69 bits per heavy atom. The van der Waals surface area contributed by atoms with Crippen LogP contribution in [0.3, 0.4) is 0 Å². The van der Waals surface area contributed by atoms with Crippen molar-refractivity contribution in [2.24, 2.45) is 17.2 Å². The zero-order chi connectivity index (χ0) is 20.8. The average Bonchev–Trinajstić information content (AvgIpc) is 2.73. The molecule has 2 heterocycles. The third-order valence-corrected chi connectivity index (χ3v) is 5.24. The van der Waals surface area contributed by atoms with Crippen molar-refractivity contribution in [1.29, 1.82) is 0 Å². The Hall–Kier alpha value is -3.07. The van der Waals surface area contributed by atoms with Gasteiger partial charge in [0, 0.05) is 37.4 Å². The predicted octanol–water partition coefficient (Wildman–Crippen LogP) is 0.285. The Labute approximate surface area is 170 Å². The van der Waals surface area contributed by atoms with Gasteiger partial charge in [0.25, 0.3) is 0 Å². The lowest BCUT2D eigenvalue weighted by Crippen LogP contribution is -2.50. The number of allylic oxidation sites excluding steroid dienone is 1. The Kier molecular flexibility index (Phi) is 6.71. The van der Waals surface area contributed by atoms with Crippen LogP contribution in [0.25, 0.3) is 5.70 Å². The molecule has 1 aromatic rings. The number of phenols is 1. The minimum absolute atomic E-state index is 0.0156. The van der Waals surface area contributed by atoms with Gasteiger partial charge in [-0.3, -0.25) is 0 Å². The quantitative estimate of drug-likeness (QED) is 0.452. The van der Waals surface area contributed by atoms with E-state index in [9.17, 15) is 9.90 Å². The van der Waals surface area contributed by atoms with E-state index in [1.165, 1.54) is 0 Å². The number of nitrogens with one attached hydrogen (secondary N) is 1. The molecule has 9 heteroatoms. The van der Waals surface area contributed by atoms with Crippen LogP contribution in [0, 0.1) is 0 Å². The summed E-state index contributed by atoms with van der Waals surface area (Å²) in [5, 5.41) is 13.3. The summed E-state index contributed by atoms with van der Waals surface area (Å²) < 4.78 is 5.62. The summed E-state index contributed by atoms with van der Waals surface area (Å²) in [5.74, 6) is 0.218. The number of carbonyl (C=O) groups excluding carboxylic acids is 1. The van der Waals surface area contributed by atoms with E-state index in [1.54, 1.807) is 35.2 Å². The van der Waals surface area contributed by atoms with Gasteiger partial charge in [-0.2, -0.15) is 0 Å². The second kappa shape index (κ2) is 9.42. The number of hydrogen-bond acceptors (Lipinski definition) is 8. The topological polar surface area (TPSA) is 143 Å². The Bertz CT molecular complexity index is 776. The number of benzene rings is 1. The molecule has 0 aliphatic carbocycles. The van der Waals surface area contributed by atoms with Gasteiger partial charge in [0.1, 0.15) is 17.7 Å². The molecule has 1 amide bonds. The van der Waals surface area contributed by atoms with Crippen LogP contribution in [0.15, 0.2) is 41.9 Å². The van der Waals surface area contributed by atoms with Crippen LogP contribution in [-0.4, -0.2) is 66.4 Å². The molecule has 0 spiro atoms. The molecular formula is C20H30N6O3. The summed E-state index contributed by atoms with van der Waals surface area (Å²) >= 11 is 0. The molecule has 0 saturated carbocycles. The highest BCUT2D eigenvalue weighted by Crippen LogP contribution is 2.23. The van der Waals surface area contributed by atoms with Crippen molar-refractivity contribution in [3.63, 3.8) is 0 Å². The molecule has 0 unspecified atom stereocenters. The van der Waals surface area contributed by atoms with Gasteiger partial charge in [-0.1, -0.05) is 12.1 Å². The van der Waals surface area contributed by atoms with Crippen LogP contribution in [0.1, 0.15) is 18.4 Å². The highest BCUT2D eigenvalue weighted by atomic mass is 16.6. The standard InChI is InChI=1S/C20H30N6O3/c21-16(15-3-1-2-4-18(15)27)13-17(19(22)23)25-9-11-26(12-10-25)20(28)29-14-5-7-24-8-6-14/h1-4,13-14,24,27H,5-12,21-23H2/b16-13-. The molecule has 3 rings (SSSR count). The van der Waals surface area contributed by atoms with Crippen molar-refractivity contribution in [3.8, 4) is 5.75 Å². The van der Waals surface area contributed by atoms with Gasteiger partial charge in [-0.25, -0.2) is 4.79 Å². The van der Waals surface area contributed by atoms with E-state index in [1.807, 2.05) is 4.90 Å². The Morgan fingerprint density at radius 1 is 1.07 bits per heavy atom. The summed E-state index contributed by atoms with van der Waals surface area (Å²) in [6.45, 7) is 3.87. The number of rotatable bonds is 4. The Balaban J connectivity index is 1.61. The van der Waals surface area contributed by atoms with Crippen molar-refractivity contribution in [2.45, 2.75) is 18.9 Å². The highest BCUT2D eigenvalue weighted by molar-refractivity contribution is 5.70. The number of phenolic OH excluding ortho intramolecular Hbond substituents is 1. The summed E-state index contributed by atoms with van der Waals surface area (Å²) in [7, 11) is 0. The molecule has 1 aromatic carbocycles. The second-order valence-corrected chi connectivity index (χ2v) is 7.26. The minimum Gasteiger partial charge on any atom is -0.507 e. The first-order valence-corrected chi connectivity index (χ1v) is 9.87. The van der Waals surface area contributed by atoms with Crippen molar-refractivity contribution < 1.29 is 14.6 Å². The first-order chi connectivity index (χ1) is 14.0. The van der Waals surface area contributed by atoms with Gasteiger partial charge in [-0.15, -0.1) is 0 Å². The van der Waals surface area contributed by atoms with Crippen LogP contribution in [0.5, 0.6) is 5.75 Å². The van der Waals surface area contributed by atoms with Crippen molar-refractivity contribution >= 4 is 11.8 Å². The minimum atomic E-state index is -0.271. The van der Waals surface area contributed by atoms with E-state index in [2.05, 4.69) is 5.32 Å². The van der Waals surface area contributed by atoms with E-state index in [4.69, 9.17) is 21.9 Å². The average molecular weight is 402 g/mol. The zero-order valence-corrected chi connectivity index (χ0v) is 16.5. The van der Waals surface area contributed by atoms with Gasteiger partial charge in [-0.05, 0) is 44.1 Å². The fourth-order valence-electron chi connectivity index (χ4n) is 3.56. The number of para-hydroxylation sites is 1. The molecule has 2 fully saturated rings. The summed E-state index contributed by atoms with van der Waals surface area (Å²) in [4.78, 5) is 16.1. The molecule has 0 radical (unpaired) electrons. The molecule has 29 heavy (non-hydrogen) atoms. The molecule has 0 atom stereocenters. The third-order valence-electron chi connectivity index (χ3n) is 5.24. The first kappa shape index (κ1) is 20.7. The van der Waals surface area contributed by atoms with Gasteiger partial charge in [0.15, 0.2) is 0 Å². The number of aromatic hydroxyl groups is 1. The summed E-state index contributed by atoms with van der Waals surface area (Å²) in [6.07, 6.45) is 3.07. The predicted molar refractivity (Wildman–Crippen MR) is 111 cm³/mol. The lowest BCUT2D eigenvalue weighted by molar-refractivity contribution is 0.0389. The number of hydrogen-bond donors (Lipinski definition) is 5. The third kappa shape index (κ3) is 5.26. The molecular weight excluding hydrogens is 372 g/mol. The number of ether oxygens (including phenoxy) is 1. The fourth-order valence-corrected chi connectivity index (χ4v) is 3.56. The fraction of sp³-hybridized carbons (Fsp3) is 0.450. The van der Waals surface area contributed by atoms with Gasteiger partial charge in [0.05, 0.1) is 5.70 Å². The summed E-state index contributed by atoms with van der Waals surface area (Å²) in [5.41, 5.74) is 19.4. The monoisotopic (exact) mass is 402 g/mol. The van der Waals surface area contributed by atoms with E-state index in [0.717, 1.165) is 25.9 Å². The van der Waals surface area contributed by atoms with Crippen molar-refractivity contribution in [3.05, 3.63) is 47.4 Å². The molecule has 0 bridgehead atoms. The lowest BCUT2D eigenvalue weighted by atomic mass is 10.1. The number of piperidine rings is 1. The molecule has 0 aromatic heterocycles. The number of nitrogens with two attached hydrogens (primary N) is 3. The van der Waals surface area contributed by atoms with E-state index < -0.39 is 0 Å². The first-order valence-electron chi connectivity index (χ1n) is 9.87. The maximum Gasteiger partial charge on any atom is 0.410 e. The maximum absolute atomic E-state index is 12.4. The smallest absolute Gasteiger partial charge is 0.410 e. The molecule has 8 N–H and O–H groups in total. The van der Waals surface area contributed by atoms with Crippen LogP contribution in [0.4, 0.5) is 4.79 Å². The normalized spacial score (nSPS) is 18.4. The van der Waals surface area contributed by atoms with E-state index in [-0.39, 0.29) is 23.8 Å². The van der Waals surface area contributed by atoms with Crippen molar-refractivity contribution in [1.82, 2.24) is 15.1 Å². The van der Waals surface area contributed by atoms with E-state index >= 15 is 0 Å². The molecule has 2 aliphatic rings. The highest BCUT2D eigenvalue weighted by Gasteiger charge is 2.26. The summed E-state index contributed by atoms with van der Waals surface area (Å²) in [6, 6.07) is 6.80. The maximum atomic E-state index is 12.4. The molecule has 158 valence electrons. The van der Waals surface area contributed by atoms with Crippen molar-refractivity contribution in [2.75, 3.05) is 39.3 Å². The lowest BCUT2D eigenvalue weighted by Gasteiger charge is -2.37. The van der Waals surface area contributed by atoms with Crippen LogP contribution < -0.4 is 22.5 Å². The van der Waals surface area contributed by atoms with Gasteiger partial charge < -0.3 is 42.2 Å². The number of piperazine rings is 1. The number of amides is 1. The number of carbonyl (C=O) groups is 1. The van der Waals surface area contributed by atoms with Crippen LogP contribution >= 0.6 is 0 Å². The Morgan fingerprint density at radius 3 is 2.31 bits per heavy atom. The number of nitrogens with zero attached hydrogens (tertiary/aromatic N) is 2. The van der Waals surface area contributed by atoms with E-state index in [0.29, 0.717) is 43.1 Å². The van der Waals surface area contributed by atoms with Gasteiger partial charge >= 0.3 is 6.09 Å².